The van der Waals surface area contributed by atoms with Gasteiger partial charge in [0.2, 0.25) is 6.41 Å². The Morgan fingerprint density at radius 2 is 2.46 bits per heavy atom. The second kappa shape index (κ2) is 2.63. The van der Waals surface area contributed by atoms with Crippen molar-refractivity contribution in [1.82, 2.24) is 19.5 Å². The molecule has 13 heavy (non-hydrogen) atoms. The minimum Gasteiger partial charge on any atom is -0.369 e. The van der Waals surface area contributed by atoms with Gasteiger partial charge in [-0.25, -0.2) is 9.97 Å². The molecule has 0 unspecified atom stereocenters. The predicted molar refractivity (Wildman–Crippen MR) is 49.3 cm³/mol. The van der Waals surface area contributed by atoms with Gasteiger partial charge in [0.05, 0.1) is 0 Å². The molecule has 6 nitrogen and oxygen atoms in total. The van der Waals surface area contributed by atoms with Crippen LogP contribution in [0.15, 0.2) is 6.33 Å². The lowest BCUT2D eigenvalue weighted by atomic mass is 10.5. The number of hydrogen-bond acceptors (Lipinski definition) is 5. The number of rotatable bonds is 1. The van der Waals surface area contributed by atoms with Gasteiger partial charge in [-0.2, -0.15) is 0 Å². The van der Waals surface area contributed by atoms with Gasteiger partial charge < -0.3 is 10.7 Å². The molecule has 0 aliphatic rings. The molecule has 0 atom stereocenters. The van der Waals surface area contributed by atoms with Gasteiger partial charge in [-0.05, 0) is 0 Å². The van der Waals surface area contributed by atoms with Crippen molar-refractivity contribution in [2.24, 2.45) is 0 Å². The fourth-order valence-electron chi connectivity index (χ4n) is 1.03. The molecule has 0 radical (unpaired) electrons. The van der Waals surface area contributed by atoms with Crippen molar-refractivity contribution in [2.45, 2.75) is 0 Å². The number of aromatic nitrogens is 4. The van der Waals surface area contributed by atoms with Gasteiger partial charge in [0, 0.05) is 0 Å². The molecule has 7 heteroatoms. The molecule has 3 N–H and O–H groups in total. The first-order valence-corrected chi connectivity index (χ1v) is 3.81. The number of anilines is 1. The molecule has 2 heterocycles. The number of H-pyrrole nitrogens is 1. The van der Waals surface area contributed by atoms with Crippen molar-refractivity contribution in [2.75, 3.05) is 5.73 Å². The Balaban J connectivity index is 2.98. The van der Waals surface area contributed by atoms with Crippen molar-refractivity contribution in [3.8, 4) is 0 Å². The number of nitrogen functional groups attached to an aromatic ring is 1. The quantitative estimate of drug-likeness (QED) is 0.498. The van der Waals surface area contributed by atoms with Crippen LogP contribution >= 0.6 is 12.2 Å². The van der Waals surface area contributed by atoms with Crippen LogP contribution in [0.3, 0.4) is 0 Å². The summed E-state index contributed by atoms with van der Waals surface area (Å²) in [5, 5.41) is 0. The topological polar surface area (TPSA) is 89.6 Å². The first kappa shape index (κ1) is 7.87. The van der Waals surface area contributed by atoms with E-state index in [1.807, 2.05) is 0 Å². The smallest absolute Gasteiger partial charge is 0.220 e. The number of hydrogen-bond donors (Lipinski definition) is 2. The van der Waals surface area contributed by atoms with Crippen LogP contribution < -0.4 is 5.73 Å². The highest BCUT2D eigenvalue weighted by Crippen LogP contribution is 2.09. The third kappa shape index (κ3) is 1.09. The van der Waals surface area contributed by atoms with Crippen molar-refractivity contribution in [3.05, 3.63) is 11.0 Å². The molecule has 0 aliphatic heterocycles. The molecule has 0 aromatic carbocycles. The average molecular weight is 195 g/mol. The molecule has 66 valence electrons. The lowest BCUT2D eigenvalue weighted by Gasteiger charge is -1.95. The minimum atomic E-state index is 0.168. The normalized spacial score (nSPS) is 10.5. The Kier molecular flexibility index (Phi) is 1.59. The maximum Gasteiger partial charge on any atom is 0.220 e. The highest BCUT2D eigenvalue weighted by atomic mass is 32.1. The number of imidazole rings is 1. The summed E-state index contributed by atoms with van der Waals surface area (Å²) in [4.78, 5) is 20.9. The average Bonchev–Trinajstić information content (AvgIpc) is 2.47. The van der Waals surface area contributed by atoms with Gasteiger partial charge in [-0.3, -0.25) is 9.36 Å². The Bertz CT molecular complexity index is 527. The van der Waals surface area contributed by atoms with Crippen LogP contribution in [0.4, 0.5) is 5.95 Å². The van der Waals surface area contributed by atoms with Crippen LogP contribution in [0.2, 0.25) is 0 Å². The maximum absolute atomic E-state index is 10.5. The number of nitrogens with one attached hydrogen (secondary N) is 1. The van der Waals surface area contributed by atoms with Gasteiger partial charge in [-0.1, -0.05) is 12.2 Å². The highest BCUT2D eigenvalue weighted by Gasteiger charge is 2.04. The van der Waals surface area contributed by atoms with E-state index in [4.69, 9.17) is 18.0 Å². The maximum atomic E-state index is 10.5. The van der Waals surface area contributed by atoms with Gasteiger partial charge in [0.15, 0.2) is 10.6 Å². The zero-order valence-electron chi connectivity index (χ0n) is 6.39. The summed E-state index contributed by atoms with van der Waals surface area (Å²) in [6.45, 7) is 0. The van der Waals surface area contributed by atoms with E-state index in [9.17, 15) is 4.79 Å². The zero-order valence-corrected chi connectivity index (χ0v) is 7.21. The van der Waals surface area contributed by atoms with Crippen LogP contribution in [0.25, 0.3) is 11.2 Å². The molecule has 0 bridgehead atoms. The molecule has 0 saturated heterocycles. The number of carbonyl (C=O) groups is 1. The number of nitrogens with zero attached hydrogens (tertiary/aromatic N) is 3. The Labute approximate surface area is 77.4 Å². The summed E-state index contributed by atoms with van der Waals surface area (Å²) in [6, 6.07) is 0. The number of carbonyl (C=O) groups excluding carboxylic acids is 1. The second-order valence-corrected chi connectivity index (χ2v) is 2.77. The fourth-order valence-corrected chi connectivity index (χ4v) is 1.28. The fraction of sp³-hybridized carbons (Fsp3) is 0. The summed E-state index contributed by atoms with van der Waals surface area (Å²) >= 11 is 4.90. The monoisotopic (exact) mass is 195 g/mol. The molecular weight excluding hydrogens is 190 g/mol. The first-order valence-electron chi connectivity index (χ1n) is 3.40. The van der Waals surface area contributed by atoms with Crippen molar-refractivity contribution >= 4 is 35.7 Å². The van der Waals surface area contributed by atoms with Gasteiger partial charge >= 0.3 is 0 Å². The van der Waals surface area contributed by atoms with Crippen molar-refractivity contribution in [1.29, 1.82) is 0 Å². The minimum absolute atomic E-state index is 0.168. The van der Waals surface area contributed by atoms with E-state index in [-0.39, 0.29) is 10.6 Å². The molecule has 2 aromatic rings. The Morgan fingerprint density at radius 3 is 3.15 bits per heavy atom. The molecule has 0 aliphatic carbocycles. The van der Waals surface area contributed by atoms with E-state index in [0.717, 1.165) is 0 Å². The van der Waals surface area contributed by atoms with Gasteiger partial charge in [0.1, 0.15) is 17.5 Å². The van der Waals surface area contributed by atoms with Crippen LogP contribution in [-0.2, 0) is 4.79 Å². The summed E-state index contributed by atoms with van der Waals surface area (Å²) in [5.74, 6) is 0.168. The zero-order chi connectivity index (χ0) is 9.42. The second-order valence-electron chi connectivity index (χ2n) is 2.38. The third-order valence-corrected chi connectivity index (χ3v) is 1.86. The Hall–Kier alpha value is -1.76. The van der Waals surface area contributed by atoms with Crippen LogP contribution in [-0.4, -0.2) is 25.9 Å². The molecule has 0 fully saturated rings. The number of nitrogens with two attached hydrogens (primary N) is 1. The largest absolute Gasteiger partial charge is 0.369 e. The van der Waals surface area contributed by atoms with Crippen LogP contribution in [0.5, 0.6) is 0 Å². The van der Waals surface area contributed by atoms with Gasteiger partial charge in [-0.15, -0.1) is 0 Å². The molecular formula is C6H5N5OS. The molecule has 2 rings (SSSR count). The van der Waals surface area contributed by atoms with Crippen LogP contribution in [0, 0.1) is 4.64 Å². The first-order chi connectivity index (χ1) is 6.22. The van der Waals surface area contributed by atoms with E-state index in [1.54, 1.807) is 0 Å². The predicted octanol–water partition coefficient (Wildman–Crippen LogP) is 0.109. The van der Waals surface area contributed by atoms with Gasteiger partial charge in [0.25, 0.3) is 0 Å². The Morgan fingerprint density at radius 1 is 1.69 bits per heavy atom. The van der Waals surface area contributed by atoms with E-state index < -0.39 is 0 Å². The summed E-state index contributed by atoms with van der Waals surface area (Å²) in [7, 11) is 0. The summed E-state index contributed by atoms with van der Waals surface area (Å²) in [6.07, 6.45) is 1.96. The number of aromatic amines is 1. The van der Waals surface area contributed by atoms with E-state index in [0.29, 0.717) is 17.6 Å². The SMILES string of the molecule is Nc1nc(=S)c2ncn(C=O)c2[nH]1. The van der Waals surface area contributed by atoms with Crippen LogP contribution in [0.1, 0.15) is 0 Å². The van der Waals surface area contributed by atoms with E-state index in [2.05, 4.69) is 15.0 Å². The molecule has 2 aromatic heterocycles. The summed E-state index contributed by atoms with van der Waals surface area (Å²) < 4.78 is 1.54. The van der Waals surface area contributed by atoms with Crippen molar-refractivity contribution in [3.63, 3.8) is 0 Å². The van der Waals surface area contributed by atoms with Crippen molar-refractivity contribution < 1.29 is 4.79 Å². The molecule has 0 spiro atoms. The standard InChI is InChI=1S/C6H5N5OS/c7-6-9-4-3(5(13)10-6)8-1-11(4)2-12/h1-2H,(H3,7,9,10,13). The highest BCUT2D eigenvalue weighted by molar-refractivity contribution is 7.71. The lowest BCUT2D eigenvalue weighted by molar-refractivity contribution is 0.548. The summed E-state index contributed by atoms with van der Waals surface area (Å²) in [5.41, 5.74) is 6.35. The van der Waals surface area contributed by atoms with E-state index in [1.165, 1.54) is 10.9 Å². The molecule has 0 saturated carbocycles. The third-order valence-electron chi connectivity index (χ3n) is 1.58. The van der Waals surface area contributed by atoms with E-state index >= 15 is 0 Å². The molecule has 0 amide bonds. The lowest BCUT2D eigenvalue weighted by Crippen LogP contribution is -1.99. The number of fused-ring (bicyclic) bond motifs is 1.